The van der Waals surface area contributed by atoms with Gasteiger partial charge in [-0.25, -0.2) is 0 Å². The highest BCUT2D eigenvalue weighted by molar-refractivity contribution is 5.95. The standard InChI is InChI=1S/C20H25NO5/c1-13-6-7-14(2)16(10-13)26-9-8-21-20(22)15-11-17(23-3)19(25-5)18(12-15)24-4/h6-7,10-12H,8-9H2,1-5H3,(H,21,22). The highest BCUT2D eigenvalue weighted by atomic mass is 16.5. The lowest BCUT2D eigenvalue weighted by atomic mass is 10.1. The number of nitrogens with one attached hydrogen (secondary N) is 1. The van der Waals surface area contributed by atoms with Crippen LogP contribution in [-0.2, 0) is 0 Å². The maximum Gasteiger partial charge on any atom is 0.251 e. The molecule has 0 heterocycles. The maximum atomic E-state index is 12.4. The fraction of sp³-hybridized carbons (Fsp3) is 0.350. The Morgan fingerprint density at radius 2 is 1.58 bits per heavy atom. The minimum atomic E-state index is -0.242. The van der Waals surface area contributed by atoms with Crippen molar-refractivity contribution in [1.29, 1.82) is 0 Å². The average molecular weight is 359 g/mol. The number of benzene rings is 2. The third kappa shape index (κ3) is 4.59. The Bertz CT molecular complexity index is 748. The first-order valence-electron chi connectivity index (χ1n) is 8.28. The summed E-state index contributed by atoms with van der Waals surface area (Å²) in [7, 11) is 4.54. The zero-order chi connectivity index (χ0) is 19.1. The van der Waals surface area contributed by atoms with Gasteiger partial charge in [-0.1, -0.05) is 12.1 Å². The highest BCUT2D eigenvalue weighted by Crippen LogP contribution is 2.38. The topological polar surface area (TPSA) is 66.0 Å². The van der Waals surface area contributed by atoms with Crippen molar-refractivity contribution in [2.75, 3.05) is 34.5 Å². The second-order valence-electron chi connectivity index (χ2n) is 5.79. The number of ether oxygens (including phenoxy) is 4. The van der Waals surface area contributed by atoms with Crippen LogP contribution in [0.4, 0.5) is 0 Å². The lowest BCUT2D eigenvalue weighted by molar-refractivity contribution is 0.0946. The van der Waals surface area contributed by atoms with Crippen LogP contribution in [0.25, 0.3) is 0 Å². The molecule has 0 fully saturated rings. The number of hydrogen-bond acceptors (Lipinski definition) is 5. The number of rotatable bonds is 8. The molecule has 0 saturated heterocycles. The minimum Gasteiger partial charge on any atom is -0.493 e. The molecule has 0 bridgehead atoms. The van der Waals surface area contributed by atoms with E-state index in [1.54, 1.807) is 12.1 Å². The van der Waals surface area contributed by atoms with Crippen LogP contribution in [0.15, 0.2) is 30.3 Å². The van der Waals surface area contributed by atoms with E-state index in [1.807, 2.05) is 32.0 Å². The van der Waals surface area contributed by atoms with E-state index < -0.39 is 0 Å². The van der Waals surface area contributed by atoms with Crippen molar-refractivity contribution < 1.29 is 23.7 Å². The summed E-state index contributed by atoms with van der Waals surface area (Å²) in [6, 6.07) is 9.26. The van der Waals surface area contributed by atoms with Crippen LogP contribution >= 0.6 is 0 Å². The summed E-state index contributed by atoms with van der Waals surface area (Å²) in [6.07, 6.45) is 0. The molecule has 0 aliphatic heterocycles. The minimum absolute atomic E-state index is 0.242. The summed E-state index contributed by atoms with van der Waals surface area (Å²) in [6.45, 7) is 4.76. The molecule has 0 aliphatic rings. The van der Waals surface area contributed by atoms with Gasteiger partial charge >= 0.3 is 0 Å². The average Bonchev–Trinajstić information content (AvgIpc) is 2.66. The molecule has 1 amide bonds. The van der Waals surface area contributed by atoms with E-state index in [1.165, 1.54) is 21.3 Å². The molecule has 1 N–H and O–H groups in total. The number of amides is 1. The van der Waals surface area contributed by atoms with Gasteiger partial charge in [0.15, 0.2) is 11.5 Å². The SMILES string of the molecule is COc1cc(C(=O)NCCOc2cc(C)ccc2C)cc(OC)c1OC. The smallest absolute Gasteiger partial charge is 0.251 e. The molecule has 0 atom stereocenters. The van der Waals surface area contributed by atoms with Gasteiger partial charge in [-0.05, 0) is 43.2 Å². The third-order valence-electron chi connectivity index (χ3n) is 3.92. The molecule has 2 rings (SSSR count). The summed E-state index contributed by atoms with van der Waals surface area (Å²) in [5.74, 6) is 1.90. The van der Waals surface area contributed by atoms with Crippen molar-refractivity contribution in [3.05, 3.63) is 47.0 Å². The van der Waals surface area contributed by atoms with Gasteiger partial charge in [-0.2, -0.15) is 0 Å². The van der Waals surface area contributed by atoms with E-state index >= 15 is 0 Å². The summed E-state index contributed by atoms with van der Waals surface area (Å²) in [4.78, 5) is 12.4. The van der Waals surface area contributed by atoms with Gasteiger partial charge in [0.25, 0.3) is 5.91 Å². The molecule has 0 spiro atoms. The molecule has 6 nitrogen and oxygen atoms in total. The predicted octanol–water partition coefficient (Wildman–Crippen LogP) is 3.14. The van der Waals surface area contributed by atoms with Crippen LogP contribution in [0.5, 0.6) is 23.0 Å². The molecule has 0 unspecified atom stereocenters. The monoisotopic (exact) mass is 359 g/mol. The van der Waals surface area contributed by atoms with Crippen LogP contribution in [0.3, 0.4) is 0 Å². The molecule has 6 heteroatoms. The molecule has 26 heavy (non-hydrogen) atoms. The predicted molar refractivity (Wildman–Crippen MR) is 99.8 cm³/mol. The van der Waals surface area contributed by atoms with E-state index in [-0.39, 0.29) is 5.91 Å². The number of aryl methyl sites for hydroxylation is 2. The normalized spacial score (nSPS) is 10.2. The van der Waals surface area contributed by atoms with E-state index in [2.05, 4.69) is 5.32 Å². The molecule has 140 valence electrons. The maximum absolute atomic E-state index is 12.4. The molecule has 2 aromatic carbocycles. The largest absolute Gasteiger partial charge is 0.493 e. The number of hydrogen-bond donors (Lipinski definition) is 1. The fourth-order valence-corrected chi connectivity index (χ4v) is 2.50. The first-order chi connectivity index (χ1) is 12.5. The molecular formula is C20H25NO5. The first-order valence-corrected chi connectivity index (χ1v) is 8.28. The van der Waals surface area contributed by atoms with E-state index in [4.69, 9.17) is 18.9 Å². The van der Waals surface area contributed by atoms with Crippen molar-refractivity contribution in [3.8, 4) is 23.0 Å². The van der Waals surface area contributed by atoms with Crippen molar-refractivity contribution in [3.63, 3.8) is 0 Å². The second-order valence-corrected chi connectivity index (χ2v) is 5.79. The van der Waals surface area contributed by atoms with Gasteiger partial charge < -0.3 is 24.3 Å². The van der Waals surface area contributed by atoms with Gasteiger partial charge in [-0.15, -0.1) is 0 Å². The number of carbonyl (C=O) groups excluding carboxylic acids is 1. The second kappa shape index (κ2) is 8.99. The van der Waals surface area contributed by atoms with E-state index in [0.717, 1.165) is 16.9 Å². The van der Waals surface area contributed by atoms with Gasteiger partial charge in [0, 0.05) is 5.56 Å². The van der Waals surface area contributed by atoms with Gasteiger partial charge in [0.2, 0.25) is 5.75 Å². The summed E-state index contributed by atoms with van der Waals surface area (Å²) in [5, 5.41) is 2.83. The third-order valence-corrected chi connectivity index (χ3v) is 3.92. The Labute approximate surface area is 154 Å². The molecule has 2 aromatic rings. The first kappa shape index (κ1) is 19.4. The van der Waals surface area contributed by atoms with Crippen LogP contribution in [0.1, 0.15) is 21.5 Å². The number of methoxy groups -OCH3 is 3. The van der Waals surface area contributed by atoms with Crippen LogP contribution in [-0.4, -0.2) is 40.4 Å². The molecule has 0 radical (unpaired) electrons. The Morgan fingerprint density at radius 1 is 0.923 bits per heavy atom. The summed E-state index contributed by atoms with van der Waals surface area (Å²) >= 11 is 0. The van der Waals surface area contributed by atoms with Crippen LogP contribution in [0, 0.1) is 13.8 Å². The Morgan fingerprint density at radius 3 is 2.15 bits per heavy atom. The van der Waals surface area contributed by atoms with Gasteiger partial charge in [-0.3, -0.25) is 4.79 Å². The van der Waals surface area contributed by atoms with Crippen LogP contribution < -0.4 is 24.3 Å². The van der Waals surface area contributed by atoms with Gasteiger partial charge in [0.05, 0.1) is 27.9 Å². The van der Waals surface area contributed by atoms with Gasteiger partial charge in [0.1, 0.15) is 12.4 Å². The highest BCUT2D eigenvalue weighted by Gasteiger charge is 2.16. The number of carbonyl (C=O) groups is 1. The van der Waals surface area contributed by atoms with Crippen molar-refractivity contribution in [2.45, 2.75) is 13.8 Å². The zero-order valence-corrected chi connectivity index (χ0v) is 15.8. The van der Waals surface area contributed by atoms with E-state index in [0.29, 0.717) is 36.0 Å². The Kier molecular flexibility index (Phi) is 6.72. The van der Waals surface area contributed by atoms with Crippen molar-refractivity contribution in [2.24, 2.45) is 0 Å². The van der Waals surface area contributed by atoms with E-state index in [9.17, 15) is 4.79 Å². The lowest BCUT2D eigenvalue weighted by Gasteiger charge is -2.14. The fourth-order valence-electron chi connectivity index (χ4n) is 2.50. The molecular weight excluding hydrogens is 334 g/mol. The zero-order valence-electron chi connectivity index (χ0n) is 15.8. The quantitative estimate of drug-likeness (QED) is 0.734. The van der Waals surface area contributed by atoms with Crippen molar-refractivity contribution in [1.82, 2.24) is 5.32 Å². The Hall–Kier alpha value is -2.89. The molecule has 0 aromatic heterocycles. The van der Waals surface area contributed by atoms with Crippen LogP contribution in [0.2, 0.25) is 0 Å². The Balaban J connectivity index is 1.98. The summed E-state index contributed by atoms with van der Waals surface area (Å²) < 4.78 is 21.5. The van der Waals surface area contributed by atoms with Crippen molar-refractivity contribution >= 4 is 5.91 Å². The molecule has 0 aliphatic carbocycles. The lowest BCUT2D eigenvalue weighted by Crippen LogP contribution is -2.28. The summed E-state index contributed by atoms with van der Waals surface area (Å²) in [5.41, 5.74) is 2.62. The molecule has 0 saturated carbocycles.